The van der Waals surface area contributed by atoms with Crippen molar-refractivity contribution >= 4 is 16.1 Å². The zero-order valence-corrected chi connectivity index (χ0v) is 28.8. The molecule has 1 aliphatic carbocycles. The maximum atomic E-state index is 2.58. The van der Waals surface area contributed by atoms with E-state index in [-0.39, 0.29) is 0 Å². The summed E-state index contributed by atoms with van der Waals surface area (Å²) in [6, 6.07) is 56.9. The summed E-state index contributed by atoms with van der Waals surface area (Å²) in [4.78, 5) is 0. The molecule has 4 atom stereocenters. The van der Waals surface area contributed by atoms with Gasteiger partial charge in [-0.25, -0.2) is 0 Å². The summed E-state index contributed by atoms with van der Waals surface area (Å²) in [5.41, 5.74) is 12.0. The Morgan fingerprint density at radius 1 is 0.341 bits per heavy atom. The molecule has 6 bridgehead atoms. The normalized spacial score (nSPS) is 23.9. The van der Waals surface area contributed by atoms with Gasteiger partial charge in [0, 0.05) is 0 Å². The first-order chi connectivity index (χ1) is 21.2. The van der Waals surface area contributed by atoms with E-state index >= 15 is 0 Å². The van der Waals surface area contributed by atoms with Gasteiger partial charge in [-0.3, -0.25) is 0 Å². The van der Waals surface area contributed by atoms with Gasteiger partial charge in [-0.1, -0.05) is 182 Å². The third kappa shape index (κ3) is 6.07. The average Bonchev–Trinajstić information content (AvgIpc) is 2.98. The van der Waals surface area contributed by atoms with E-state index in [1.807, 2.05) is 0 Å². The Morgan fingerprint density at radius 3 is 1.02 bits per heavy atom. The summed E-state index contributed by atoms with van der Waals surface area (Å²) in [5, 5.41) is 0. The van der Waals surface area contributed by atoms with Crippen molar-refractivity contribution in [3.63, 3.8) is 0 Å². The predicted molar refractivity (Wildman–Crippen MR) is 193 cm³/mol. The van der Waals surface area contributed by atoms with Crippen LogP contribution in [-0.2, 0) is 24.2 Å². The molecular formula is C42H46Si2. The largest absolute Gasteiger partial charge is 0.0689 e. The van der Waals surface area contributed by atoms with Crippen molar-refractivity contribution in [1.29, 1.82) is 0 Å². The molecule has 0 spiro atoms. The molecule has 0 saturated heterocycles. The van der Waals surface area contributed by atoms with E-state index < -0.39 is 16.1 Å². The molecule has 9 rings (SSSR count). The van der Waals surface area contributed by atoms with E-state index in [4.69, 9.17) is 0 Å². The standard InChI is InChI=1S/C42H46Si2/c1-43(2)27-31-18-22-37(23-19-31)41-39(35-14-7-5-8-15-35)40(36-16-9-6-10-17-36)42(41)38-24-20-32(21-25-38)28-44(3,4)30-34-13-11-12-33(26-34)29-43/h5-26,39-42H,27-30H2,1-4H3/t39-,40-,41-,42+/m0/s1. The second kappa shape index (κ2) is 11.8. The molecule has 3 aliphatic heterocycles. The van der Waals surface area contributed by atoms with Crippen LogP contribution in [0.3, 0.4) is 0 Å². The molecule has 1 saturated carbocycles. The second-order valence-corrected chi connectivity index (χ2v) is 25.3. The van der Waals surface area contributed by atoms with Gasteiger partial charge in [-0.05, 0) is 70.1 Å². The first-order valence-electron chi connectivity index (χ1n) is 16.6. The minimum Gasteiger partial charge on any atom is -0.0689 e. The number of benzene rings is 5. The molecular weight excluding hydrogens is 561 g/mol. The summed E-state index contributed by atoms with van der Waals surface area (Å²) in [7, 11) is -2.96. The fourth-order valence-corrected chi connectivity index (χ4v) is 14.2. The van der Waals surface area contributed by atoms with Gasteiger partial charge in [-0.2, -0.15) is 0 Å². The molecule has 0 unspecified atom stereocenters. The Kier molecular flexibility index (Phi) is 7.85. The van der Waals surface area contributed by atoms with Crippen molar-refractivity contribution in [3.05, 3.63) is 178 Å². The maximum Gasteiger partial charge on any atom is 0.0561 e. The molecule has 44 heavy (non-hydrogen) atoms. The molecule has 0 radical (unpaired) electrons. The molecule has 5 aromatic carbocycles. The summed E-state index contributed by atoms with van der Waals surface area (Å²) < 4.78 is 0. The van der Waals surface area contributed by atoms with Crippen LogP contribution < -0.4 is 0 Å². The van der Waals surface area contributed by atoms with Gasteiger partial charge in [-0.15, -0.1) is 0 Å². The third-order valence-electron chi connectivity index (χ3n) is 10.4. The van der Waals surface area contributed by atoms with Crippen LogP contribution in [0.1, 0.15) is 68.2 Å². The van der Waals surface area contributed by atoms with Crippen LogP contribution in [0.25, 0.3) is 0 Å². The zero-order chi connectivity index (χ0) is 30.3. The molecule has 0 nitrogen and oxygen atoms in total. The average molecular weight is 607 g/mol. The molecule has 2 heteroatoms. The highest BCUT2D eigenvalue weighted by Gasteiger charge is 2.52. The maximum absolute atomic E-state index is 2.58. The summed E-state index contributed by atoms with van der Waals surface area (Å²) in [6.45, 7) is 10.3. The molecule has 5 aromatic rings. The lowest BCUT2D eigenvalue weighted by Gasteiger charge is -2.54. The summed E-state index contributed by atoms with van der Waals surface area (Å²) >= 11 is 0. The monoisotopic (exact) mass is 606 g/mol. The lowest BCUT2D eigenvalue weighted by molar-refractivity contribution is 0.229. The topological polar surface area (TPSA) is 0 Å². The number of rotatable bonds is 2. The Labute approximate surface area is 267 Å². The Bertz CT molecular complexity index is 1580. The van der Waals surface area contributed by atoms with E-state index in [1.54, 1.807) is 0 Å². The van der Waals surface area contributed by atoms with Crippen molar-refractivity contribution in [2.45, 2.75) is 74.0 Å². The van der Waals surface area contributed by atoms with Gasteiger partial charge in [0.15, 0.2) is 0 Å². The Balaban J connectivity index is 1.34. The van der Waals surface area contributed by atoms with Crippen LogP contribution in [-0.4, -0.2) is 16.1 Å². The van der Waals surface area contributed by atoms with E-state index in [0.29, 0.717) is 23.7 Å². The Hall–Kier alpha value is -3.47. The summed E-state index contributed by atoms with van der Waals surface area (Å²) in [6.07, 6.45) is 0. The predicted octanol–water partition coefficient (Wildman–Crippen LogP) is 10.6. The van der Waals surface area contributed by atoms with Crippen LogP contribution in [0, 0.1) is 0 Å². The first kappa shape index (κ1) is 29.3. The van der Waals surface area contributed by atoms with Crippen molar-refractivity contribution in [2.75, 3.05) is 0 Å². The minimum atomic E-state index is -1.48. The number of fused-ring (bicyclic) bond motifs is 2. The lowest BCUT2D eigenvalue weighted by atomic mass is 9.49. The summed E-state index contributed by atoms with van der Waals surface area (Å²) in [5.74, 6) is 1.79. The molecule has 4 aliphatic rings. The molecule has 0 N–H and O–H groups in total. The van der Waals surface area contributed by atoms with Crippen molar-refractivity contribution < 1.29 is 0 Å². The smallest absolute Gasteiger partial charge is 0.0561 e. The molecule has 222 valence electrons. The highest BCUT2D eigenvalue weighted by Crippen LogP contribution is 2.66. The van der Waals surface area contributed by atoms with Gasteiger partial charge in [0.2, 0.25) is 0 Å². The highest BCUT2D eigenvalue weighted by atomic mass is 28.3. The molecule has 0 aromatic heterocycles. The van der Waals surface area contributed by atoms with Crippen LogP contribution in [0.4, 0.5) is 0 Å². The fraction of sp³-hybridized carbons (Fsp3) is 0.286. The van der Waals surface area contributed by atoms with Gasteiger partial charge < -0.3 is 0 Å². The lowest BCUT2D eigenvalue weighted by Crippen LogP contribution is -2.40. The van der Waals surface area contributed by atoms with Gasteiger partial charge in [0.1, 0.15) is 0 Å². The quantitative estimate of drug-likeness (QED) is 0.175. The number of hydrogen-bond acceptors (Lipinski definition) is 0. The first-order valence-corrected chi connectivity index (χ1v) is 23.4. The second-order valence-electron chi connectivity index (χ2n) is 15.3. The van der Waals surface area contributed by atoms with Crippen LogP contribution >= 0.6 is 0 Å². The van der Waals surface area contributed by atoms with Gasteiger partial charge >= 0.3 is 0 Å². The van der Waals surface area contributed by atoms with E-state index in [9.17, 15) is 0 Å². The molecule has 0 amide bonds. The Morgan fingerprint density at radius 2 is 0.659 bits per heavy atom. The SMILES string of the molecule is C[Si]1(C)Cc2ccc(cc2)[C@@H]2[C@@H](c3ccccc3)[C@H](c3ccccc3)[C@@H]2c2ccc(cc2)C[Si](C)(C)Cc2cccc(c2)C1. The van der Waals surface area contributed by atoms with E-state index in [2.05, 4.69) is 160 Å². The van der Waals surface area contributed by atoms with Crippen LogP contribution in [0.5, 0.6) is 0 Å². The van der Waals surface area contributed by atoms with Gasteiger partial charge in [0.25, 0.3) is 0 Å². The van der Waals surface area contributed by atoms with Crippen molar-refractivity contribution in [2.24, 2.45) is 0 Å². The third-order valence-corrected chi connectivity index (χ3v) is 15.8. The fourth-order valence-electron chi connectivity index (χ4n) is 8.66. The molecule has 1 fully saturated rings. The van der Waals surface area contributed by atoms with E-state index in [0.717, 1.165) is 0 Å². The zero-order valence-electron chi connectivity index (χ0n) is 26.8. The minimum absolute atomic E-state index is 0.446. The number of hydrogen-bond donors (Lipinski definition) is 0. The van der Waals surface area contributed by atoms with Crippen LogP contribution in [0.2, 0.25) is 26.2 Å². The molecule has 3 heterocycles. The van der Waals surface area contributed by atoms with Crippen molar-refractivity contribution in [1.82, 2.24) is 0 Å². The van der Waals surface area contributed by atoms with Crippen molar-refractivity contribution in [3.8, 4) is 0 Å². The van der Waals surface area contributed by atoms with E-state index in [1.165, 1.54) is 68.7 Å². The van der Waals surface area contributed by atoms with Crippen LogP contribution in [0.15, 0.2) is 133 Å². The van der Waals surface area contributed by atoms with Gasteiger partial charge in [0.05, 0.1) is 16.1 Å². The highest BCUT2D eigenvalue weighted by molar-refractivity contribution is 6.76.